The molecule has 0 bridgehead atoms. The van der Waals surface area contributed by atoms with E-state index in [4.69, 9.17) is 0 Å². The second-order valence-electron chi connectivity index (χ2n) is 7.24. The number of nitrogens with one attached hydrogen (secondary N) is 3. The van der Waals surface area contributed by atoms with Crippen molar-refractivity contribution in [1.29, 1.82) is 5.26 Å². The van der Waals surface area contributed by atoms with E-state index in [1.54, 1.807) is 42.5 Å². The minimum atomic E-state index is -0.571. The number of pyridine rings is 1. The van der Waals surface area contributed by atoms with Crippen molar-refractivity contribution in [3.63, 3.8) is 0 Å². The summed E-state index contributed by atoms with van der Waals surface area (Å²) in [6.07, 6.45) is 0. The molecule has 166 valence electrons. The summed E-state index contributed by atoms with van der Waals surface area (Å²) in [5, 5.41) is 25.8. The summed E-state index contributed by atoms with van der Waals surface area (Å²) in [7, 11) is 0. The van der Waals surface area contributed by atoms with Crippen molar-refractivity contribution >= 4 is 23.1 Å². The fourth-order valence-corrected chi connectivity index (χ4v) is 3.36. The van der Waals surface area contributed by atoms with Crippen LogP contribution in [0.25, 0.3) is 22.4 Å². The Balaban J connectivity index is 1.59. The normalized spacial score (nSPS) is 10.2. The Hall–Kier alpha value is -5.23. The number of aromatic amines is 1. The van der Waals surface area contributed by atoms with Crippen LogP contribution in [0.2, 0.25) is 0 Å². The zero-order valence-corrected chi connectivity index (χ0v) is 17.6. The molecular weight excluding hydrogens is 434 g/mol. The predicted octanol–water partition coefficient (Wildman–Crippen LogP) is 5.13. The van der Waals surface area contributed by atoms with Crippen LogP contribution in [-0.2, 0) is 0 Å². The van der Waals surface area contributed by atoms with Crippen LogP contribution >= 0.6 is 0 Å². The minimum Gasteiger partial charge on any atom is -0.321 e. The maximum atomic E-state index is 12.5. The zero-order chi connectivity index (χ0) is 24.1. The number of aromatic nitrogens is 1. The molecule has 0 fully saturated rings. The number of anilines is 2. The van der Waals surface area contributed by atoms with E-state index in [2.05, 4.69) is 15.6 Å². The van der Waals surface area contributed by atoms with Crippen molar-refractivity contribution in [3.8, 4) is 28.5 Å². The highest BCUT2D eigenvalue weighted by molar-refractivity contribution is 5.99. The van der Waals surface area contributed by atoms with Crippen molar-refractivity contribution in [3.05, 3.63) is 111 Å². The van der Waals surface area contributed by atoms with E-state index >= 15 is 0 Å². The third-order valence-electron chi connectivity index (χ3n) is 5.02. The van der Waals surface area contributed by atoms with E-state index in [1.165, 1.54) is 24.3 Å². The number of amides is 2. The Morgan fingerprint density at radius 3 is 2.06 bits per heavy atom. The first-order chi connectivity index (χ1) is 16.4. The molecule has 0 unspecified atom stereocenters. The molecule has 1 aromatic heterocycles. The van der Waals surface area contributed by atoms with Crippen LogP contribution in [0.4, 0.5) is 21.9 Å². The molecule has 0 aliphatic rings. The van der Waals surface area contributed by atoms with Crippen molar-refractivity contribution in [2.45, 2.75) is 0 Å². The van der Waals surface area contributed by atoms with E-state index in [1.807, 2.05) is 24.3 Å². The second kappa shape index (κ2) is 9.50. The summed E-state index contributed by atoms with van der Waals surface area (Å²) >= 11 is 0. The number of nitro benzene ring substituents is 1. The Kier molecular flexibility index (Phi) is 6.14. The van der Waals surface area contributed by atoms with Crippen molar-refractivity contribution < 1.29 is 9.72 Å². The van der Waals surface area contributed by atoms with Gasteiger partial charge in [-0.05, 0) is 53.6 Å². The molecule has 0 atom stereocenters. The predicted molar refractivity (Wildman–Crippen MR) is 128 cm³/mol. The topological polar surface area (TPSA) is 141 Å². The summed E-state index contributed by atoms with van der Waals surface area (Å²) in [5.74, 6) is 0. The van der Waals surface area contributed by atoms with Gasteiger partial charge in [0, 0.05) is 34.8 Å². The lowest BCUT2D eigenvalue weighted by Gasteiger charge is -2.10. The van der Waals surface area contributed by atoms with Gasteiger partial charge in [0.25, 0.3) is 11.2 Å². The number of nitrogens with zero attached hydrogens (tertiary/aromatic N) is 2. The van der Waals surface area contributed by atoms with Gasteiger partial charge in [-0.15, -0.1) is 0 Å². The average molecular weight is 451 g/mol. The number of carbonyl (C=O) groups excluding carboxylic acids is 1. The van der Waals surface area contributed by atoms with Gasteiger partial charge < -0.3 is 15.6 Å². The summed E-state index contributed by atoms with van der Waals surface area (Å²) in [6, 6.07) is 24.6. The maximum Gasteiger partial charge on any atom is 0.323 e. The zero-order valence-electron chi connectivity index (χ0n) is 17.6. The number of nitro groups is 1. The minimum absolute atomic E-state index is 0.0894. The number of para-hydroxylation sites is 1. The van der Waals surface area contributed by atoms with E-state index in [0.29, 0.717) is 33.8 Å². The van der Waals surface area contributed by atoms with Crippen LogP contribution in [0.3, 0.4) is 0 Å². The Morgan fingerprint density at radius 1 is 0.882 bits per heavy atom. The quantitative estimate of drug-likeness (QED) is 0.285. The SMILES string of the molecule is N#Cc1c(-c2ccc([N+](=O)[O-])cc2)cc(-c2ccc(NC(=O)Nc3ccccc3)cc2)[nH]c1=O. The third kappa shape index (κ3) is 4.81. The largest absolute Gasteiger partial charge is 0.323 e. The molecule has 2 amide bonds. The molecule has 34 heavy (non-hydrogen) atoms. The molecule has 0 radical (unpaired) electrons. The third-order valence-corrected chi connectivity index (χ3v) is 5.02. The first kappa shape index (κ1) is 22.0. The van der Waals surface area contributed by atoms with Gasteiger partial charge in [0.15, 0.2) is 0 Å². The Labute approximate surface area is 193 Å². The average Bonchev–Trinajstić information content (AvgIpc) is 2.84. The number of nitriles is 1. The number of urea groups is 1. The fourth-order valence-electron chi connectivity index (χ4n) is 3.36. The van der Waals surface area contributed by atoms with Crippen molar-refractivity contribution in [1.82, 2.24) is 4.98 Å². The van der Waals surface area contributed by atoms with Crippen LogP contribution in [0.1, 0.15) is 5.56 Å². The number of non-ortho nitro benzene ring substituents is 1. The van der Waals surface area contributed by atoms with Gasteiger partial charge in [-0.3, -0.25) is 14.9 Å². The van der Waals surface area contributed by atoms with Gasteiger partial charge in [0.2, 0.25) is 0 Å². The van der Waals surface area contributed by atoms with E-state index in [0.717, 1.165) is 0 Å². The molecule has 4 aromatic rings. The molecular formula is C25H17N5O4. The van der Waals surface area contributed by atoms with Crippen LogP contribution in [-0.4, -0.2) is 15.9 Å². The molecule has 0 saturated heterocycles. The summed E-state index contributed by atoms with van der Waals surface area (Å²) in [4.78, 5) is 37.8. The number of H-pyrrole nitrogens is 1. The smallest absolute Gasteiger partial charge is 0.321 e. The van der Waals surface area contributed by atoms with Crippen LogP contribution < -0.4 is 16.2 Å². The number of hydrogen-bond donors (Lipinski definition) is 3. The monoisotopic (exact) mass is 451 g/mol. The molecule has 0 spiro atoms. The van der Waals surface area contributed by atoms with E-state index in [-0.39, 0.29) is 11.3 Å². The molecule has 3 N–H and O–H groups in total. The van der Waals surface area contributed by atoms with Crippen LogP contribution in [0.15, 0.2) is 89.7 Å². The van der Waals surface area contributed by atoms with Gasteiger partial charge in [0.1, 0.15) is 11.6 Å². The Morgan fingerprint density at radius 2 is 1.47 bits per heavy atom. The van der Waals surface area contributed by atoms with Gasteiger partial charge in [-0.2, -0.15) is 5.26 Å². The van der Waals surface area contributed by atoms with Gasteiger partial charge in [-0.1, -0.05) is 30.3 Å². The first-order valence-corrected chi connectivity index (χ1v) is 10.1. The van der Waals surface area contributed by atoms with Crippen molar-refractivity contribution in [2.75, 3.05) is 10.6 Å². The highest BCUT2D eigenvalue weighted by atomic mass is 16.6. The molecule has 9 nitrogen and oxygen atoms in total. The lowest BCUT2D eigenvalue weighted by molar-refractivity contribution is -0.384. The molecule has 3 aromatic carbocycles. The highest BCUT2D eigenvalue weighted by Gasteiger charge is 2.14. The highest BCUT2D eigenvalue weighted by Crippen LogP contribution is 2.28. The van der Waals surface area contributed by atoms with Gasteiger partial charge >= 0.3 is 6.03 Å². The summed E-state index contributed by atoms with van der Waals surface area (Å²) < 4.78 is 0. The first-order valence-electron chi connectivity index (χ1n) is 10.1. The molecule has 9 heteroatoms. The lowest BCUT2D eigenvalue weighted by Crippen LogP contribution is -2.19. The number of benzene rings is 3. The maximum absolute atomic E-state index is 12.5. The molecule has 0 aliphatic carbocycles. The summed E-state index contributed by atoms with van der Waals surface area (Å²) in [5.41, 5.74) is 2.43. The number of rotatable bonds is 5. The standard InChI is InChI=1S/C25H17N5O4/c26-15-22-21(16-8-12-20(13-9-16)30(33)34)14-23(29-24(22)31)17-6-10-19(11-7-17)28-25(32)27-18-4-2-1-3-5-18/h1-14H,(H,29,31)(H2,27,28,32). The lowest BCUT2D eigenvalue weighted by atomic mass is 9.99. The molecule has 4 rings (SSSR count). The second-order valence-corrected chi connectivity index (χ2v) is 7.24. The number of hydrogen-bond acceptors (Lipinski definition) is 5. The van der Waals surface area contributed by atoms with Crippen LogP contribution in [0, 0.1) is 21.4 Å². The van der Waals surface area contributed by atoms with E-state index < -0.39 is 16.5 Å². The van der Waals surface area contributed by atoms with Gasteiger partial charge in [-0.25, -0.2) is 4.79 Å². The fraction of sp³-hybridized carbons (Fsp3) is 0. The van der Waals surface area contributed by atoms with Crippen molar-refractivity contribution in [2.24, 2.45) is 0 Å². The molecule has 0 aliphatic heterocycles. The summed E-state index contributed by atoms with van der Waals surface area (Å²) in [6.45, 7) is 0. The molecule has 1 heterocycles. The Bertz CT molecular complexity index is 1450. The van der Waals surface area contributed by atoms with E-state index in [9.17, 15) is 25.0 Å². The molecule has 0 saturated carbocycles. The van der Waals surface area contributed by atoms with Gasteiger partial charge in [0.05, 0.1) is 4.92 Å². The van der Waals surface area contributed by atoms with Crippen LogP contribution in [0.5, 0.6) is 0 Å². The number of carbonyl (C=O) groups is 1.